The van der Waals surface area contributed by atoms with Crippen LogP contribution in [0.2, 0.25) is 0 Å². The molecule has 1 saturated heterocycles. The van der Waals surface area contributed by atoms with Crippen LogP contribution in [0.3, 0.4) is 0 Å². The molecular formula is C15H23N5O5S. The van der Waals surface area contributed by atoms with E-state index in [9.17, 15) is 15.3 Å². The summed E-state index contributed by atoms with van der Waals surface area (Å²) in [6, 6.07) is 0. The first-order chi connectivity index (χ1) is 12.6. The second-order valence-corrected chi connectivity index (χ2v) is 6.83. The summed E-state index contributed by atoms with van der Waals surface area (Å²) < 4.78 is 7.62. The van der Waals surface area contributed by atoms with E-state index in [1.165, 1.54) is 11.8 Å². The number of thioether (sulfide) groups is 1. The maximum Gasteiger partial charge on any atom is 0.191 e. The number of imidazole rings is 1. The Balaban J connectivity index is 1.87. The summed E-state index contributed by atoms with van der Waals surface area (Å²) in [4.78, 5) is 13.2. The van der Waals surface area contributed by atoms with Crippen LogP contribution >= 0.6 is 11.8 Å². The van der Waals surface area contributed by atoms with E-state index in [0.29, 0.717) is 22.1 Å². The molecule has 26 heavy (non-hydrogen) atoms. The summed E-state index contributed by atoms with van der Waals surface area (Å²) in [5.41, 5.74) is 1.11. The van der Waals surface area contributed by atoms with Gasteiger partial charge >= 0.3 is 0 Å². The van der Waals surface area contributed by atoms with Crippen molar-refractivity contribution in [3.05, 3.63) is 6.33 Å². The zero-order chi connectivity index (χ0) is 18.7. The average Bonchev–Trinajstić information content (AvgIpc) is 3.31. The molecule has 5 N–H and O–H groups in total. The summed E-state index contributed by atoms with van der Waals surface area (Å²) in [5.74, 6) is 0.430. The van der Waals surface area contributed by atoms with Crippen molar-refractivity contribution in [2.45, 2.75) is 42.5 Å². The van der Waals surface area contributed by atoms with Crippen molar-refractivity contribution in [3.8, 4) is 0 Å². The highest BCUT2D eigenvalue weighted by Gasteiger charge is 2.28. The van der Waals surface area contributed by atoms with Gasteiger partial charge in [0.2, 0.25) is 0 Å². The third kappa shape index (κ3) is 3.92. The standard InChI is InChI=1S/C15H23N5O5S/c1-26-15-18-13(16-4-9(23)10(24)6-22)12-14(19-15)20(7-17-12)11-3-2-8(5-21)25-11/h7-11,21-24H,2-6H2,1H3,(H,16,18,19)/t8-,9?,10?,11+/m0/s1. The molecule has 1 aliphatic rings. The van der Waals surface area contributed by atoms with Crippen LogP contribution in [-0.4, -0.2) is 84.3 Å². The van der Waals surface area contributed by atoms with Gasteiger partial charge in [-0.25, -0.2) is 15.0 Å². The number of nitrogens with zero attached hydrogens (tertiary/aromatic N) is 4. The molecular weight excluding hydrogens is 362 g/mol. The molecule has 0 radical (unpaired) electrons. The van der Waals surface area contributed by atoms with Gasteiger partial charge in [-0.05, 0) is 19.1 Å². The quantitative estimate of drug-likeness (QED) is 0.293. The first kappa shape index (κ1) is 19.3. The molecule has 0 aliphatic carbocycles. The number of anilines is 1. The van der Waals surface area contributed by atoms with E-state index < -0.39 is 18.8 Å². The van der Waals surface area contributed by atoms with Crippen LogP contribution in [-0.2, 0) is 4.74 Å². The number of nitrogens with one attached hydrogen (secondary N) is 1. The lowest BCUT2D eigenvalue weighted by Crippen LogP contribution is -2.35. The molecule has 1 fully saturated rings. The van der Waals surface area contributed by atoms with Gasteiger partial charge in [0.1, 0.15) is 12.3 Å². The number of aliphatic hydroxyl groups excluding tert-OH is 4. The van der Waals surface area contributed by atoms with Gasteiger partial charge in [0.05, 0.1) is 31.7 Å². The van der Waals surface area contributed by atoms with Crippen molar-refractivity contribution < 1.29 is 25.2 Å². The average molecular weight is 385 g/mol. The van der Waals surface area contributed by atoms with Gasteiger partial charge in [0.15, 0.2) is 22.1 Å². The Morgan fingerprint density at radius 2 is 2.12 bits per heavy atom. The van der Waals surface area contributed by atoms with Crippen molar-refractivity contribution in [1.82, 2.24) is 19.5 Å². The van der Waals surface area contributed by atoms with E-state index in [-0.39, 0.29) is 25.5 Å². The molecule has 10 nitrogen and oxygen atoms in total. The van der Waals surface area contributed by atoms with Crippen LogP contribution in [0.5, 0.6) is 0 Å². The van der Waals surface area contributed by atoms with E-state index in [4.69, 9.17) is 9.84 Å². The van der Waals surface area contributed by atoms with Crippen molar-refractivity contribution in [3.63, 3.8) is 0 Å². The summed E-state index contributed by atoms with van der Waals surface area (Å²) in [5, 5.41) is 41.0. The van der Waals surface area contributed by atoms with E-state index in [1.54, 1.807) is 6.33 Å². The molecule has 11 heteroatoms. The molecule has 3 rings (SSSR count). The van der Waals surface area contributed by atoms with Gasteiger partial charge in [0.25, 0.3) is 0 Å². The maximum absolute atomic E-state index is 9.82. The van der Waals surface area contributed by atoms with E-state index in [2.05, 4.69) is 20.3 Å². The lowest BCUT2D eigenvalue weighted by molar-refractivity contribution is -0.0207. The largest absolute Gasteiger partial charge is 0.394 e. The van der Waals surface area contributed by atoms with Gasteiger partial charge in [-0.15, -0.1) is 0 Å². The van der Waals surface area contributed by atoms with Crippen LogP contribution in [0.4, 0.5) is 5.82 Å². The van der Waals surface area contributed by atoms with Gasteiger partial charge in [-0.2, -0.15) is 0 Å². The van der Waals surface area contributed by atoms with Gasteiger partial charge in [-0.3, -0.25) is 4.57 Å². The normalized spacial score (nSPS) is 22.7. The summed E-state index contributed by atoms with van der Waals surface area (Å²) >= 11 is 1.37. The second-order valence-electron chi connectivity index (χ2n) is 6.05. The monoisotopic (exact) mass is 385 g/mol. The van der Waals surface area contributed by atoms with Crippen molar-refractivity contribution in [2.75, 3.05) is 31.3 Å². The molecule has 0 bridgehead atoms. The second kappa shape index (κ2) is 8.46. The maximum atomic E-state index is 9.82. The Labute approximate surface area is 154 Å². The smallest absolute Gasteiger partial charge is 0.191 e. The Kier molecular flexibility index (Phi) is 6.27. The molecule has 0 aromatic carbocycles. The molecule has 2 aromatic rings. The molecule has 0 spiro atoms. The van der Waals surface area contributed by atoms with E-state index in [1.807, 2.05) is 10.8 Å². The Bertz CT molecular complexity index is 745. The van der Waals surface area contributed by atoms with E-state index in [0.717, 1.165) is 12.8 Å². The summed E-state index contributed by atoms with van der Waals surface area (Å²) in [6.07, 6.45) is 2.16. The fraction of sp³-hybridized carbons (Fsp3) is 0.667. The highest BCUT2D eigenvalue weighted by atomic mass is 32.2. The minimum atomic E-state index is -1.24. The third-order valence-corrected chi connectivity index (χ3v) is 4.84. The third-order valence-electron chi connectivity index (χ3n) is 4.29. The first-order valence-electron chi connectivity index (χ1n) is 8.33. The zero-order valence-corrected chi connectivity index (χ0v) is 15.1. The summed E-state index contributed by atoms with van der Waals surface area (Å²) in [6.45, 7) is -0.551. The number of aromatic nitrogens is 4. The zero-order valence-electron chi connectivity index (χ0n) is 14.3. The van der Waals surface area contributed by atoms with Crippen molar-refractivity contribution >= 4 is 28.7 Å². The Morgan fingerprint density at radius 3 is 2.77 bits per heavy atom. The number of fused-ring (bicyclic) bond motifs is 1. The minimum absolute atomic E-state index is 0.00103. The molecule has 0 saturated carbocycles. The number of ether oxygens (including phenoxy) is 1. The minimum Gasteiger partial charge on any atom is -0.394 e. The number of hydrogen-bond donors (Lipinski definition) is 5. The molecule has 2 aromatic heterocycles. The SMILES string of the molecule is CSc1nc(NCC(O)C(O)CO)c2ncn([C@H]3CC[C@@H](CO)O3)c2n1. The lowest BCUT2D eigenvalue weighted by Gasteiger charge is -2.17. The molecule has 2 unspecified atom stereocenters. The molecule has 3 heterocycles. The topological polar surface area (TPSA) is 146 Å². The van der Waals surface area contributed by atoms with Crippen LogP contribution in [0.25, 0.3) is 11.2 Å². The van der Waals surface area contributed by atoms with Gasteiger partial charge < -0.3 is 30.5 Å². The van der Waals surface area contributed by atoms with Crippen molar-refractivity contribution in [2.24, 2.45) is 0 Å². The number of aliphatic hydroxyl groups is 4. The lowest BCUT2D eigenvalue weighted by atomic mass is 10.2. The molecule has 1 aliphatic heterocycles. The molecule has 144 valence electrons. The van der Waals surface area contributed by atoms with Gasteiger partial charge in [0, 0.05) is 6.54 Å². The molecule has 4 atom stereocenters. The molecule has 0 amide bonds. The summed E-state index contributed by atoms with van der Waals surface area (Å²) in [7, 11) is 0. The predicted octanol–water partition coefficient (Wildman–Crippen LogP) is -0.656. The Hall–Kier alpha value is -1.50. The van der Waals surface area contributed by atoms with Crippen LogP contribution in [0, 0.1) is 0 Å². The van der Waals surface area contributed by atoms with Crippen LogP contribution in [0.15, 0.2) is 11.5 Å². The number of hydrogen-bond acceptors (Lipinski definition) is 10. The highest BCUT2D eigenvalue weighted by Crippen LogP contribution is 2.32. The van der Waals surface area contributed by atoms with Crippen LogP contribution < -0.4 is 5.32 Å². The number of rotatable bonds is 8. The fourth-order valence-electron chi connectivity index (χ4n) is 2.81. The predicted molar refractivity (Wildman–Crippen MR) is 94.9 cm³/mol. The van der Waals surface area contributed by atoms with E-state index >= 15 is 0 Å². The van der Waals surface area contributed by atoms with Crippen molar-refractivity contribution in [1.29, 1.82) is 0 Å². The fourth-order valence-corrected chi connectivity index (χ4v) is 3.17. The highest BCUT2D eigenvalue weighted by molar-refractivity contribution is 7.98. The van der Waals surface area contributed by atoms with Crippen LogP contribution in [0.1, 0.15) is 19.1 Å². The van der Waals surface area contributed by atoms with Gasteiger partial charge in [-0.1, -0.05) is 11.8 Å². The Morgan fingerprint density at radius 1 is 1.31 bits per heavy atom. The first-order valence-corrected chi connectivity index (χ1v) is 9.55.